The Bertz CT molecular complexity index is 1140. The molecule has 3 aliphatic rings. The van der Waals surface area contributed by atoms with Gasteiger partial charge in [0.2, 0.25) is 5.88 Å². The van der Waals surface area contributed by atoms with E-state index in [2.05, 4.69) is 20.2 Å². The summed E-state index contributed by atoms with van der Waals surface area (Å²) in [6, 6.07) is 7.82. The number of ether oxygens (including phenoxy) is 3. The number of amides is 2. The minimum absolute atomic E-state index is 0.0256. The SMILES string of the molecule is CC(C)(C)OC(=O)N1CCC(Oc2cc(N3CCc4cc(NC(=O)[C@H]5CCCO5)ccc43)ncn2)CC1. The van der Waals surface area contributed by atoms with E-state index in [9.17, 15) is 9.59 Å². The lowest BCUT2D eigenvalue weighted by Gasteiger charge is -2.33. The highest BCUT2D eigenvalue weighted by atomic mass is 16.6. The molecule has 2 fully saturated rings. The third-order valence-corrected chi connectivity index (χ3v) is 6.75. The van der Waals surface area contributed by atoms with Crippen LogP contribution in [0.15, 0.2) is 30.6 Å². The Morgan fingerprint density at radius 3 is 2.62 bits per heavy atom. The quantitative estimate of drug-likeness (QED) is 0.643. The van der Waals surface area contributed by atoms with Gasteiger partial charge in [-0.2, -0.15) is 0 Å². The lowest BCUT2D eigenvalue weighted by Crippen LogP contribution is -2.44. The first kappa shape index (κ1) is 25.3. The lowest BCUT2D eigenvalue weighted by molar-refractivity contribution is -0.124. The van der Waals surface area contributed by atoms with Crippen LogP contribution in [0.25, 0.3) is 0 Å². The van der Waals surface area contributed by atoms with Crippen molar-refractivity contribution >= 4 is 29.2 Å². The average molecular weight is 510 g/mol. The molecule has 0 unspecified atom stereocenters. The number of aromatic nitrogens is 2. The molecule has 4 heterocycles. The van der Waals surface area contributed by atoms with Crippen LogP contribution < -0.4 is 15.0 Å². The maximum atomic E-state index is 12.4. The van der Waals surface area contributed by atoms with Crippen molar-refractivity contribution in [1.29, 1.82) is 0 Å². The van der Waals surface area contributed by atoms with Gasteiger partial charge in [0.25, 0.3) is 5.91 Å². The summed E-state index contributed by atoms with van der Waals surface area (Å²) in [7, 11) is 0. The molecule has 1 aromatic heterocycles. The minimum Gasteiger partial charge on any atom is -0.474 e. The van der Waals surface area contributed by atoms with E-state index < -0.39 is 5.60 Å². The normalized spacial score (nSPS) is 20.0. The van der Waals surface area contributed by atoms with E-state index in [1.807, 2.05) is 45.0 Å². The summed E-state index contributed by atoms with van der Waals surface area (Å²) in [6.45, 7) is 8.21. The first-order chi connectivity index (χ1) is 17.7. The van der Waals surface area contributed by atoms with Gasteiger partial charge in [0.15, 0.2) is 0 Å². The first-order valence-electron chi connectivity index (χ1n) is 13.0. The van der Waals surface area contributed by atoms with Crippen molar-refractivity contribution in [1.82, 2.24) is 14.9 Å². The molecule has 1 aromatic carbocycles. The second kappa shape index (κ2) is 10.5. The number of hydrogen-bond donors (Lipinski definition) is 1. The van der Waals surface area contributed by atoms with Crippen LogP contribution in [-0.4, -0.2) is 70.9 Å². The monoisotopic (exact) mass is 509 g/mol. The number of fused-ring (bicyclic) bond motifs is 1. The van der Waals surface area contributed by atoms with Gasteiger partial charge in [-0.3, -0.25) is 4.79 Å². The van der Waals surface area contributed by atoms with Crippen molar-refractivity contribution in [3.63, 3.8) is 0 Å². The van der Waals surface area contributed by atoms with Crippen LogP contribution >= 0.6 is 0 Å². The molecular formula is C27H35N5O5. The molecule has 10 nitrogen and oxygen atoms in total. The van der Waals surface area contributed by atoms with Gasteiger partial charge < -0.3 is 29.3 Å². The zero-order valence-corrected chi connectivity index (χ0v) is 21.7. The molecule has 0 radical (unpaired) electrons. The van der Waals surface area contributed by atoms with Crippen molar-refractivity contribution in [3.05, 3.63) is 36.2 Å². The van der Waals surface area contributed by atoms with Gasteiger partial charge >= 0.3 is 6.09 Å². The van der Waals surface area contributed by atoms with Crippen molar-refractivity contribution in [2.45, 2.75) is 70.7 Å². The van der Waals surface area contributed by atoms with Crippen molar-refractivity contribution in [2.75, 3.05) is 36.5 Å². The Morgan fingerprint density at radius 2 is 1.89 bits per heavy atom. The highest BCUT2D eigenvalue weighted by Gasteiger charge is 2.29. The van der Waals surface area contributed by atoms with E-state index in [4.69, 9.17) is 14.2 Å². The molecule has 0 bridgehead atoms. The molecule has 0 saturated carbocycles. The zero-order chi connectivity index (χ0) is 26.0. The summed E-state index contributed by atoms with van der Waals surface area (Å²) < 4.78 is 17.1. The highest BCUT2D eigenvalue weighted by molar-refractivity contribution is 5.94. The Morgan fingerprint density at radius 1 is 1.08 bits per heavy atom. The number of nitrogens with zero attached hydrogens (tertiary/aromatic N) is 4. The molecule has 2 amide bonds. The summed E-state index contributed by atoms with van der Waals surface area (Å²) in [5.74, 6) is 1.21. The summed E-state index contributed by atoms with van der Waals surface area (Å²) in [6.07, 6.45) is 4.83. The number of carbonyl (C=O) groups is 2. The third-order valence-electron chi connectivity index (χ3n) is 6.75. The second-order valence-electron chi connectivity index (χ2n) is 10.7. The second-order valence-corrected chi connectivity index (χ2v) is 10.7. The number of piperidine rings is 1. The van der Waals surface area contributed by atoms with Crippen LogP contribution in [0.3, 0.4) is 0 Å². The standard InChI is InChI=1S/C27H35N5O5/c1-27(2,3)37-26(34)31-11-9-20(10-12-31)36-24-16-23(28-17-29-24)32-13-8-18-15-19(6-7-21(18)32)30-25(33)22-5-4-14-35-22/h6-7,15-17,20,22H,4-5,8-14H2,1-3H3,(H,30,33)/t22-/m1/s1. The van der Waals surface area contributed by atoms with Gasteiger partial charge in [0.05, 0.1) is 0 Å². The molecule has 0 spiro atoms. The molecule has 5 rings (SSSR count). The minimum atomic E-state index is -0.504. The Labute approximate surface area is 217 Å². The molecule has 198 valence electrons. The van der Waals surface area contributed by atoms with Crippen LogP contribution in [0.1, 0.15) is 52.0 Å². The number of likely N-dealkylation sites (tertiary alicyclic amines) is 1. The van der Waals surface area contributed by atoms with Gasteiger partial charge in [-0.1, -0.05) is 0 Å². The summed E-state index contributed by atoms with van der Waals surface area (Å²) >= 11 is 0. The number of hydrogen-bond acceptors (Lipinski definition) is 8. The van der Waals surface area contributed by atoms with Crippen LogP contribution in [0.5, 0.6) is 5.88 Å². The van der Waals surface area contributed by atoms with Crippen molar-refractivity contribution in [3.8, 4) is 5.88 Å². The molecule has 0 aliphatic carbocycles. The van der Waals surface area contributed by atoms with Crippen molar-refractivity contribution in [2.24, 2.45) is 0 Å². The number of rotatable bonds is 5. The van der Waals surface area contributed by atoms with Gasteiger partial charge in [0, 0.05) is 56.5 Å². The molecular weight excluding hydrogens is 474 g/mol. The van der Waals surface area contributed by atoms with Gasteiger partial charge in [-0.25, -0.2) is 14.8 Å². The molecule has 2 saturated heterocycles. The van der Waals surface area contributed by atoms with E-state index in [1.54, 1.807) is 4.90 Å². The fourth-order valence-electron chi connectivity index (χ4n) is 4.92. The van der Waals surface area contributed by atoms with Crippen LogP contribution in [0, 0.1) is 0 Å². The van der Waals surface area contributed by atoms with Crippen molar-refractivity contribution < 1.29 is 23.8 Å². The number of carbonyl (C=O) groups excluding carboxylic acids is 2. The number of anilines is 3. The van der Waals surface area contributed by atoms with Gasteiger partial charge in [-0.15, -0.1) is 0 Å². The Kier molecular flexibility index (Phi) is 7.19. The van der Waals surface area contributed by atoms with Crippen LogP contribution in [0.4, 0.5) is 22.0 Å². The smallest absolute Gasteiger partial charge is 0.410 e. The fourth-order valence-corrected chi connectivity index (χ4v) is 4.92. The molecule has 2 aromatic rings. The lowest BCUT2D eigenvalue weighted by atomic mass is 10.1. The van der Waals surface area contributed by atoms with E-state index in [0.717, 1.165) is 48.6 Å². The first-order valence-corrected chi connectivity index (χ1v) is 13.0. The van der Waals surface area contributed by atoms with Gasteiger partial charge in [0.1, 0.15) is 30.0 Å². The maximum Gasteiger partial charge on any atom is 0.410 e. The van der Waals surface area contributed by atoms with E-state index >= 15 is 0 Å². The predicted octanol–water partition coefficient (Wildman–Crippen LogP) is 4.07. The Balaban J connectivity index is 1.18. The van der Waals surface area contributed by atoms with Gasteiger partial charge in [-0.05, 0) is 63.8 Å². The zero-order valence-electron chi connectivity index (χ0n) is 21.7. The largest absolute Gasteiger partial charge is 0.474 e. The molecule has 10 heteroatoms. The average Bonchev–Trinajstić information content (AvgIpc) is 3.54. The van der Waals surface area contributed by atoms with Crippen LogP contribution in [-0.2, 0) is 20.7 Å². The third kappa shape index (κ3) is 6.12. The molecule has 3 aliphatic heterocycles. The molecule has 1 N–H and O–H groups in total. The summed E-state index contributed by atoms with van der Waals surface area (Å²) in [4.78, 5) is 37.4. The topological polar surface area (TPSA) is 106 Å². The molecule has 1 atom stereocenters. The fraction of sp³-hybridized carbons (Fsp3) is 0.556. The Hall–Kier alpha value is -3.40. The summed E-state index contributed by atoms with van der Waals surface area (Å²) in [5.41, 5.74) is 2.49. The highest BCUT2D eigenvalue weighted by Crippen LogP contribution is 2.36. The maximum absolute atomic E-state index is 12.4. The summed E-state index contributed by atoms with van der Waals surface area (Å²) in [5, 5.41) is 2.98. The number of benzene rings is 1. The molecule has 37 heavy (non-hydrogen) atoms. The predicted molar refractivity (Wildman–Crippen MR) is 138 cm³/mol. The van der Waals surface area contributed by atoms with E-state index in [1.165, 1.54) is 6.33 Å². The van der Waals surface area contributed by atoms with Crippen LogP contribution in [0.2, 0.25) is 0 Å². The van der Waals surface area contributed by atoms with E-state index in [-0.39, 0.29) is 24.2 Å². The number of nitrogens with one attached hydrogen (secondary N) is 1. The van der Waals surface area contributed by atoms with E-state index in [0.29, 0.717) is 38.4 Å².